The molecule has 1 aliphatic rings. The highest BCUT2D eigenvalue weighted by atomic mass is 35.5. The lowest BCUT2D eigenvalue weighted by atomic mass is 10.1. The SMILES string of the molecule is CC[C@H](C)NC(=O)[C@@H](C)N(Cc1ccc(Cl)cc1Cl)C(=O)CCc1ccc2c(c1)OCO2. The predicted molar refractivity (Wildman–Crippen MR) is 125 cm³/mol. The summed E-state index contributed by atoms with van der Waals surface area (Å²) in [5, 5.41) is 3.93. The van der Waals surface area contributed by atoms with Gasteiger partial charge in [-0.3, -0.25) is 9.59 Å². The standard InChI is InChI=1S/C24H28Cl2N2O4/c1-4-15(2)27-24(30)16(3)28(13-18-7-8-19(25)12-20(18)26)23(29)10-6-17-5-9-21-22(11-17)32-14-31-21/h5,7-9,11-12,15-16H,4,6,10,13-14H2,1-3H3,(H,27,30)/t15-,16+/m0/s1. The molecule has 1 heterocycles. The number of ether oxygens (including phenoxy) is 2. The fourth-order valence-corrected chi connectivity index (χ4v) is 3.84. The van der Waals surface area contributed by atoms with Crippen LogP contribution >= 0.6 is 23.2 Å². The van der Waals surface area contributed by atoms with Crippen molar-refractivity contribution >= 4 is 35.0 Å². The maximum Gasteiger partial charge on any atom is 0.242 e. The fourth-order valence-electron chi connectivity index (χ4n) is 3.37. The lowest BCUT2D eigenvalue weighted by Gasteiger charge is -2.30. The van der Waals surface area contributed by atoms with Crippen LogP contribution in [0.4, 0.5) is 0 Å². The molecule has 1 N–H and O–H groups in total. The highest BCUT2D eigenvalue weighted by molar-refractivity contribution is 6.35. The molecule has 2 amide bonds. The molecular weight excluding hydrogens is 451 g/mol. The summed E-state index contributed by atoms with van der Waals surface area (Å²) in [6.07, 6.45) is 1.56. The van der Waals surface area contributed by atoms with Gasteiger partial charge in [-0.25, -0.2) is 0 Å². The Morgan fingerprint density at radius 2 is 1.84 bits per heavy atom. The monoisotopic (exact) mass is 478 g/mol. The van der Waals surface area contributed by atoms with Crippen LogP contribution in [0.25, 0.3) is 0 Å². The van der Waals surface area contributed by atoms with Gasteiger partial charge < -0.3 is 19.7 Å². The molecule has 2 aromatic rings. The third-order valence-corrected chi connectivity index (χ3v) is 6.18. The summed E-state index contributed by atoms with van der Waals surface area (Å²) in [6, 6.07) is 10.2. The number of carbonyl (C=O) groups excluding carboxylic acids is 2. The highest BCUT2D eigenvalue weighted by Crippen LogP contribution is 2.33. The number of halogens is 2. The Labute approximate surface area is 198 Å². The average Bonchev–Trinajstić information content (AvgIpc) is 3.24. The van der Waals surface area contributed by atoms with Crippen LogP contribution in [0.2, 0.25) is 10.0 Å². The van der Waals surface area contributed by atoms with Crippen LogP contribution in [-0.4, -0.2) is 35.6 Å². The van der Waals surface area contributed by atoms with Crippen molar-refractivity contribution in [2.45, 2.75) is 58.7 Å². The van der Waals surface area contributed by atoms with Crippen molar-refractivity contribution in [1.82, 2.24) is 10.2 Å². The van der Waals surface area contributed by atoms with Gasteiger partial charge in [-0.1, -0.05) is 42.3 Å². The molecule has 0 saturated carbocycles. The van der Waals surface area contributed by atoms with E-state index in [4.69, 9.17) is 32.7 Å². The summed E-state index contributed by atoms with van der Waals surface area (Å²) >= 11 is 12.4. The maximum atomic E-state index is 13.3. The van der Waals surface area contributed by atoms with E-state index in [2.05, 4.69) is 5.32 Å². The molecule has 0 aliphatic carbocycles. The van der Waals surface area contributed by atoms with Gasteiger partial charge in [-0.05, 0) is 62.1 Å². The fraction of sp³-hybridized carbons (Fsp3) is 0.417. The highest BCUT2D eigenvalue weighted by Gasteiger charge is 2.27. The van der Waals surface area contributed by atoms with Gasteiger partial charge >= 0.3 is 0 Å². The molecule has 6 nitrogen and oxygen atoms in total. The van der Waals surface area contributed by atoms with Crippen LogP contribution in [-0.2, 0) is 22.6 Å². The van der Waals surface area contributed by atoms with Crippen LogP contribution in [0.15, 0.2) is 36.4 Å². The van der Waals surface area contributed by atoms with E-state index in [-0.39, 0.29) is 37.6 Å². The van der Waals surface area contributed by atoms with Gasteiger partial charge in [0, 0.05) is 29.1 Å². The van der Waals surface area contributed by atoms with Crippen molar-refractivity contribution in [3.05, 3.63) is 57.6 Å². The summed E-state index contributed by atoms with van der Waals surface area (Å²) in [5.74, 6) is 1.05. The number of hydrogen-bond donors (Lipinski definition) is 1. The number of benzene rings is 2. The molecule has 1 aliphatic heterocycles. The normalized spacial score (nSPS) is 14.0. The Bertz CT molecular complexity index is 982. The predicted octanol–water partition coefficient (Wildman–Crippen LogP) is 4.99. The number of aryl methyl sites for hydroxylation is 1. The lowest BCUT2D eigenvalue weighted by molar-refractivity contribution is -0.140. The summed E-state index contributed by atoms with van der Waals surface area (Å²) < 4.78 is 10.8. The molecular formula is C24H28Cl2N2O4. The van der Waals surface area contributed by atoms with E-state index in [1.165, 1.54) is 0 Å². The zero-order valence-corrected chi connectivity index (χ0v) is 20.0. The molecule has 2 aromatic carbocycles. The van der Waals surface area contributed by atoms with Crippen molar-refractivity contribution in [2.75, 3.05) is 6.79 Å². The second-order valence-corrected chi connectivity index (χ2v) is 8.78. The minimum absolute atomic E-state index is 0.0228. The van der Waals surface area contributed by atoms with E-state index in [0.29, 0.717) is 28.0 Å². The topological polar surface area (TPSA) is 67.9 Å². The van der Waals surface area contributed by atoms with Crippen molar-refractivity contribution in [3.8, 4) is 11.5 Å². The molecule has 3 rings (SSSR count). The first-order chi connectivity index (χ1) is 15.3. The minimum atomic E-state index is -0.653. The van der Waals surface area contributed by atoms with Crippen molar-refractivity contribution in [3.63, 3.8) is 0 Å². The third-order valence-electron chi connectivity index (χ3n) is 5.59. The average molecular weight is 479 g/mol. The number of fused-ring (bicyclic) bond motifs is 1. The second kappa shape index (κ2) is 10.9. The summed E-state index contributed by atoms with van der Waals surface area (Å²) in [6.45, 7) is 6.09. The Balaban J connectivity index is 1.75. The van der Waals surface area contributed by atoms with Gasteiger partial charge in [-0.2, -0.15) is 0 Å². The Morgan fingerprint density at radius 3 is 2.56 bits per heavy atom. The first-order valence-electron chi connectivity index (χ1n) is 10.7. The van der Waals surface area contributed by atoms with Gasteiger partial charge in [0.05, 0.1) is 0 Å². The Hall–Kier alpha value is -2.44. The van der Waals surface area contributed by atoms with Crippen molar-refractivity contribution < 1.29 is 19.1 Å². The first kappa shape index (κ1) is 24.2. The molecule has 8 heteroatoms. The van der Waals surface area contributed by atoms with E-state index in [9.17, 15) is 9.59 Å². The summed E-state index contributed by atoms with van der Waals surface area (Å²) in [4.78, 5) is 27.6. The number of rotatable bonds is 9. The molecule has 32 heavy (non-hydrogen) atoms. The molecule has 0 bridgehead atoms. The van der Waals surface area contributed by atoms with Crippen molar-refractivity contribution in [2.24, 2.45) is 0 Å². The van der Waals surface area contributed by atoms with Gasteiger partial charge in [0.15, 0.2) is 11.5 Å². The lowest BCUT2D eigenvalue weighted by Crippen LogP contribution is -2.49. The van der Waals surface area contributed by atoms with Crippen molar-refractivity contribution in [1.29, 1.82) is 0 Å². The molecule has 0 fully saturated rings. The summed E-state index contributed by atoms with van der Waals surface area (Å²) in [7, 11) is 0. The molecule has 0 radical (unpaired) electrons. The van der Waals surface area contributed by atoms with E-state index < -0.39 is 6.04 Å². The van der Waals surface area contributed by atoms with Gasteiger partial charge in [0.2, 0.25) is 18.6 Å². The number of nitrogens with one attached hydrogen (secondary N) is 1. The van der Waals surface area contributed by atoms with Crippen LogP contribution in [0.5, 0.6) is 11.5 Å². The molecule has 172 valence electrons. The van der Waals surface area contributed by atoms with E-state index in [0.717, 1.165) is 17.5 Å². The molecule has 0 aromatic heterocycles. The number of amides is 2. The van der Waals surface area contributed by atoms with Crippen LogP contribution in [0, 0.1) is 0 Å². The molecule has 2 atom stereocenters. The quantitative estimate of drug-likeness (QED) is 0.551. The van der Waals surface area contributed by atoms with Crippen LogP contribution < -0.4 is 14.8 Å². The molecule has 0 unspecified atom stereocenters. The zero-order chi connectivity index (χ0) is 23.3. The largest absolute Gasteiger partial charge is 0.454 e. The van der Waals surface area contributed by atoms with E-state index >= 15 is 0 Å². The number of carbonyl (C=O) groups is 2. The zero-order valence-electron chi connectivity index (χ0n) is 18.5. The van der Waals surface area contributed by atoms with Crippen LogP contribution in [0.3, 0.4) is 0 Å². The Morgan fingerprint density at radius 1 is 1.09 bits per heavy atom. The third kappa shape index (κ3) is 6.08. The second-order valence-electron chi connectivity index (χ2n) is 7.94. The number of hydrogen-bond acceptors (Lipinski definition) is 4. The Kier molecular flexibility index (Phi) is 8.26. The van der Waals surface area contributed by atoms with Crippen LogP contribution in [0.1, 0.15) is 44.7 Å². The van der Waals surface area contributed by atoms with E-state index in [1.807, 2.05) is 32.0 Å². The van der Waals surface area contributed by atoms with Gasteiger partial charge in [-0.15, -0.1) is 0 Å². The van der Waals surface area contributed by atoms with Gasteiger partial charge in [0.25, 0.3) is 0 Å². The number of nitrogens with zero attached hydrogens (tertiary/aromatic N) is 1. The summed E-state index contributed by atoms with van der Waals surface area (Å²) in [5.41, 5.74) is 1.69. The van der Waals surface area contributed by atoms with Gasteiger partial charge in [0.1, 0.15) is 6.04 Å². The smallest absolute Gasteiger partial charge is 0.242 e. The molecule has 0 saturated heterocycles. The maximum absolute atomic E-state index is 13.3. The first-order valence-corrected chi connectivity index (χ1v) is 11.5. The minimum Gasteiger partial charge on any atom is -0.454 e. The van der Waals surface area contributed by atoms with E-state index in [1.54, 1.807) is 30.0 Å². The molecule has 0 spiro atoms.